The van der Waals surface area contributed by atoms with Crippen LogP contribution in [0.2, 0.25) is 0 Å². The summed E-state index contributed by atoms with van der Waals surface area (Å²) in [5, 5.41) is 2.68. The summed E-state index contributed by atoms with van der Waals surface area (Å²) in [7, 11) is 0. The molecule has 24 heavy (non-hydrogen) atoms. The van der Waals surface area contributed by atoms with Gasteiger partial charge < -0.3 is 15.0 Å². The zero-order chi connectivity index (χ0) is 17.7. The molecule has 132 valence electrons. The molecule has 0 aliphatic carbocycles. The Hall–Kier alpha value is -2.09. The van der Waals surface area contributed by atoms with Gasteiger partial charge in [0.15, 0.2) is 0 Å². The number of aryl methyl sites for hydroxylation is 1. The van der Waals surface area contributed by atoms with E-state index >= 15 is 0 Å². The Morgan fingerprint density at radius 2 is 2.21 bits per heavy atom. The van der Waals surface area contributed by atoms with E-state index in [9.17, 15) is 22.8 Å². The summed E-state index contributed by atoms with van der Waals surface area (Å²) >= 11 is 0. The van der Waals surface area contributed by atoms with Crippen molar-refractivity contribution in [2.75, 3.05) is 26.3 Å². The van der Waals surface area contributed by atoms with Crippen LogP contribution in [0.5, 0.6) is 0 Å². The summed E-state index contributed by atoms with van der Waals surface area (Å²) in [5.74, 6) is -1.14. The summed E-state index contributed by atoms with van der Waals surface area (Å²) in [6, 6.07) is 3.15. The number of benzene rings is 1. The van der Waals surface area contributed by atoms with Crippen LogP contribution in [0.3, 0.4) is 0 Å². The third-order valence-corrected chi connectivity index (χ3v) is 3.76. The van der Waals surface area contributed by atoms with Crippen LogP contribution in [0.1, 0.15) is 23.6 Å². The van der Waals surface area contributed by atoms with Gasteiger partial charge in [-0.05, 0) is 30.2 Å². The molecule has 1 aliphatic heterocycles. The van der Waals surface area contributed by atoms with Crippen molar-refractivity contribution in [3.63, 3.8) is 0 Å². The number of carbonyl (C=O) groups is 2. The van der Waals surface area contributed by atoms with E-state index in [2.05, 4.69) is 5.32 Å². The molecule has 1 aliphatic rings. The Balaban J connectivity index is 2.11. The molecule has 1 aromatic carbocycles. The third kappa shape index (κ3) is 4.47. The number of nitrogens with zero attached hydrogens (tertiary/aromatic N) is 1. The van der Waals surface area contributed by atoms with Gasteiger partial charge in [0.25, 0.3) is 6.43 Å². The van der Waals surface area contributed by atoms with E-state index in [1.807, 2.05) is 0 Å². The van der Waals surface area contributed by atoms with Gasteiger partial charge in [-0.2, -0.15) is 0 Å². The minimum absolute atomic E-state index is 0.100. The second-order valence-corrected chi connectivity index (χ2v) is 5.50. The van der Waals surface area contributed by atoms with Crippen molar-refractivity contribution < 1.29 is 27.5 Å². The number of carbonyl (C=O) groups excluding carboxylic acids is 2. The quantitative estimate of drug-likeness (QED) is 0.801. The largest absolute Gasteiger partial charge is 0.375 e. The molecule has 2 amide bonds. The first-order valence-electron chi connectivity index (χ1n) is 7.59. The van der Waals surface area contributed by atoms with Crippen molar-refractivity contribution >= 4 is 11.8 Å². The second-order valence-electron chi connectivity index (χ2n) is 5.50. The zero-order valence-corrected chi connectivity index (χ0v) is 13.2. The van der Waals surface area contributed by atoms with Crippen LogP contribution < -0.4 is 5.32 Å². The molecular weight excluding hydrogens is 325 g/mol. The van der Waals surface area contributed by atoms with Gasteiger partial charge in [-0.15, -0.1) is 0 Å². The van der Waals surface area contributed by atoms with Crippen LogP contribution >= 0.6 is 0 Å². The summed E-state index contributed by atoms with van der Waals surface area (Å²) in [6.45, 7) is 1.39. The molecule has 0 saturated carbocycles. The average Bonchev–Trinajstić information content (AvgIpc) is 2.52. The number of piperazine rings is 1. The Bertz CT molecular complexity index is 610. The van der Waals surface area contributed by atoms with Crippen LogP contribution in [0.25, 0.3) is 0 Å². The minimum Gasteiger partial charge on any atom is -0.375 e. The summed E-state index contributed by atoms with van der Waals surface area (Å²) in [5.41, 5.74) is 1.10. The molecule has 1 aromatic rings. The number of hydrogen-bond acceptors (Lipinski definition) is 3. The Morgan fingerprint density at radius 1 is 1.46 bits per heavy atom. The Kier molecular flexibility index (Phi) is 6.19. The van der Waals surface area contributed by atoms with E-state index in [1.54, 1.807) is 6.92 Å². The molecule has 1 atom stereocenters. The van der Waals surface area contributed by atoms with E-state index in [-0.39, 0.29) is 24.8 Å². The summed E-state index contributed by atoms with van der Waals surface area (Å²) in [6.07, 6.45) is -2.69. The fraction of sp³-hybridized carbons (Fsp3) is 0.500. The SMILES string of the molecule is Cc1cc(F)ccc1C1C(=O)NCCN1C(=O)CCOCC(F)F. The maximum absolute atomic E-state index is 13.3. The number of amides is 2. The molecule has 0 aromatic heterocycles. The van der Waals surface area contributed by atoms with E-state index in [0.717, 1.165) is 0 Å². The van der Waals surface area contributed by atoms with Crippen LogP contribution in [-0.2, 0) is 14.3 Å². The molecule has 1 saturated heterocycles. The first kappa shape index (κ1) is 18.3. The maximum atomic E-state index is 13.3. The van der Waals surface area contributed by atoms with E-state index in [4.69, 9.17) is 4.74 Å². The number of ether oxygens (including phenoxy) is 1. The van der Waals surface area contributed by atoms with Gasteiger partial charge in [-0.3, -0.25) is 9.59 Å². The molecule has 8 heteroatoms. The highest BCUT2D eigenvalue weighted by molar-refractivity contribution is 5.90. The van der Waals surface area contributed by atoms with E-state index in [1.165, 1.54) is 23.1 Å². The van der Waals surface area contributed by atoms with Gasteiger partial charge >= 0.3 is 0 Å². The topological polar surface area (TPSA) is 58.6 Å². The molecule has 1 heterocycles. The highest BCUT2D eigenvalue weighted by atomic mass is 19.3. The molecule has 5 nitrogen and oxygen atoms in total. The lowest BCUT2D eigenvalue weighted by molar-refractivity contribution is -0.144. The molecule has 1 N–H and O–H groups in total. The van der Waals surface area contributed by atoms with E-state index < -0.39 is 24.9 Å². The fourth-order valence-electron chi connectivity index (χ4n) is 2.67. The van der Waals surface area contributed by atoms with Crippen LogP contribution in [0.4, 0.5) is 13.2 Å². The minimum atomic E-state index is -2.59. The van der Waals surface area contributed by atoms with E-state index in [0.29, 0.717) is 24.2 Å². The highest BCUT2D eigenvalue weighted by Crippen LogP contribution is 2.27. The number of hydrogen-bond donors (Lipinski definition) is 1. The lowest BCUT2D eigenvalue weighted by Gasteiger charge is -2.36. The summed E-state index contributed by atoms with van der Waals surface area (Å²) < 4.78 is 42.0. The van der Waals surface area contributed by atoms with Crippen molar-refractivity contribution in [3.05, 3.63) is 35.1 Å². The molecule has 0 bridgehead atoms. The Morgan fingerprint density at radius 3 is 2.88 bits per heavy atom. The van der Waals surface area contributed by atoms with Crippen molar-refractivity contribution in [3.8, 4) is 0 Å². The number of alkyl halides is 2. The van der Waals surface area contributed by atoms with Gasteiger partial charge in [0.2, 0.25) is 11.8 Å². The molecular formula is C16H19F3N2O3. The first-order chi connectivity index (χ1) is 11.4. The fourth-order valence-corrected chi connectivity index (χ4v) is 2.67. The highest BCUT2D eigenvalue weighted by Gasteiger charge is 2.34. The lowest BCUT2D eigenvalue weighted by atomic mass is 9.97. The monoisotopic (exact) mass is 344 g/mol. The number of halogens is 3. The van der Waals surface area contributed by atoms with Crippen molar-refractivity contribution in [1.82, 2.24) is 10.2 Å². The predicted octanol–water partition coefficient (Wildman–Crippen LogP) is 1.81. The molecule has 0 radical (unpaired) electrons. The molecule has 1 unspecified atom stereocenters. The Labute approximate surface area is 137 Å². The van der Waals surface area contributed by atoms with Gasteiger partial charge in [0, 0.05) is 13.1 Å². The molecule has 1 fully saturated rings. The van der Waals surface area contributed by atoms with Crippen LogP contribution in [-0.4, -0.2) is 49.4 Å². The smallest absolute Gasteiger partial charge is 0.261 e. The maximum Gasteiger partial charge on any atom is 0.261 e. The normalized spacial score (nSPS) is 18.0. The predicted molar refractivity (Wildman–Crippen MR) is 80.0 cm³/mol. The number of rotatable bonds is 6. The second kappa shape index (κ2) is 8.14. The summed E-state index contributed by atoms with van der Waals surface area (Å²) in [4.78, 5) is 26.0. The lowest BCUT2D eigenvalue weighted by Crippen LogP contribution is -2.52. The van der Waals surface area contributed by atoms with Crippen molar-refractivity contribution in [1.29, 1.82) is 0 Å². The van der Waals surface area contributed by atoms with Crippen LogP contribution in [0, 0.1) is 12.7 Å². The van der Waals surface area contributed by atoms with Crippen LogP contribution in [0.15, 0.2) is 18.2 Å². The zero-order valence-electron chi connectivity index (χ0n) is 13.2. The van der Waals surface area contributed by atoms with Gasteiger partial charge in [0.05, 0.1) is 13.0 Å². The van der Waals surface area contributed by atoms with Gasteiger partial charge in [-0.1, -0.05) is 6.07 Å². The van der Waals surface area contributed by atoms with Gasteiger partial charge in [-0.25, -0.2) is 13.2 Å². The third-order valence-electron chi connectivity index (χ3n) is 3.76. The van der Waals surface area contributed by atoms with Gasteiger partial charge in [0.1, 0.15) is 18.5 Å². The van der Waals surface area contributed by atoms with Crippen molar-refractivity contribution in [2.24, 2.45) is 0 Å². The molecule has 0 spiro atoms. The molecule has 2 rings (SSSR count). The average molecular weight is 344 g/mol. The first-order valence-corrected chi connectivity index (χ1v) is 7.59. The standard InChI is InChI=1S/C16H19F3N2O3/c1-10-8-11(17)2-3-12(10)15-16(23)20-5-6-21(15)14(22)4-7-24-9-13(18)19/h2-3,8,13,15H,4-7,9H2,1H3,(H,20,23). The van der Waals surface area contributed by atoms with Crippen molar-refractivity contribution in [2.45, 2.75) is 25.8 Å². The number of nitrogens with one attached hydrogen (secondary N) is 1.